The van der Waals surface area contributed by atoms with Crippen molar-refractivity contribution in [1.82, 2.24) is 19.9 Å². The molecule has 19 heavy (non-hydrogen) atoms. The number of aromatic amines is 1. The predicted molar refractivity (Wildman–Crippen MR) is 80.4 cm³/mol. The zero-order valence-corrected chi connectivity index (χ0v) is 12.1. The number of pyridine rings is 1. The monoisotopic (exact) mass is 304 g/mol. The van der Waals surface area contributed by atoms with Crippen molar-refractivity contribution in [3.63, 3.8) is 0 Å². The Kier molecular flexibility index (Phi) is 5.85. The summed E-state index contributed by atoms with van der Waals surface area (Å²) in [6.45, 7) is 2.93. The summed E-state index contributed by atoms with van der Waals surface area (Å²) in [5, 5.41) is 3.34. The van der Waals surface area contributed by atoms with Crippen LogP contribution in [-0.2, 0) is 6.54 Å². The fourth-order valence-electron chi connectivity index (χ4n) is 2.51. The summed E-state index contributed by atoms with van der Waals surface area (Å²) in [6.07, 6.45) is 5.72. The Bertz CT molecular complexity index is 574. The van der Waals surface area contributed by atoms with Gasteiger partial charge in [0.2, 0.25) is 0 Å². The van der Waals surface area contributed by atoms with Gasteiger partial charge in [-0.05, 0) is 37.9 Å². The smallest absolute Gasteiger partial charge is 0.317 e. The lowest BCUT2D eigenvalue weighted by Crippen LogP contribution is -2.31. The van der Waals surface area contributed by atoms with Gasteiger partial charge in [0.15, 0.2) is 0 Å². The molecule has 0 amide bonds. The van der Waals surface area contributed by atoms with Crippen LogP contribution in [0.3, 0.4) is 0 Å². The van der Waals surface area contributed by atoms with Crippen LogP contribution in [0.1, 0.15) is 12.8 Å². The molecule has 3 heterocycles. The zero-order chi connectivity index (χ0) is 11.7. The van der Waals surface area contributed by atoms with E-state index in [1.165, 1.54) is 0 Å². The lowest BCUT2D eigenvalue weighted by molar-refractivity contribution is 0.333. The van der Waals surface area contributed by atoms with Gasteiger partial charge in [0, 0.05) is 12.7 Å². The molecule has 0 unspecified atom stereocenters. The number of hydrogen-bond donors (Lipinski definition) is 2. The summed E-state index contributed by atoms with van der Waals surface area (Å²) in [7, 11) is 0. The maximum absolute atomic E-state index is 11.9. The maximum atomic E-state index is 11.9. The maximum Gasteiger partial charge on any atom is 0.326 e. The van der Waals surface area contributed by atoms with Gasteiger partial charge in [-0.25, -0.2) is 4.79 Å². The van der Waals surface area contributed by atoms with E-state index in [1.807, 2.05) is 10.6 Å². The molecule has 1 saturated heterocycles. The van der Waals surface area contributed by atoms with Crippen molar-refractivity contribution >= 4 is 35.8 Å². The molecule has 2 N–H and O–H groups in total. The first-order valence-corrected chi connectivity index (χ1v) is 6.08. The highest BCUT2D eigenvalue weighted by Gasteiger charge is 2.16. The molecule has 0 spiro atoms. The molecule has 0 aromatic carbocycles. The number of piperidine rings is 1. The van der Waals surface area contributed by atoms with Crippen molar-refractivity contribution in [3.05, 3.63) is 28.9 Å². The van der Waals surface area contributed by atoms with Gasteiger partial charge in [-0.2, -0.15) is 0 Å². The number of nitrogens with zero attached hydrogens (tertiary/aromatic N) is 2. The molecule has 5 nitrogen and oxygen atoms in total. The number of aromatic nitrogens is 3. The fraction of sp³-hybridized carbons (Fsp3) is 0.500. The van der Waals surface area contributed by atoms with Crippen molar-refractivity contribution in [3.8, 4) is 0 Å². The quantitative estimate of drug-likeness (QED) is 0.885. The highest BCUT2D eigenvalue weighted by atomic mass is 35.5. The molecular formula is C12H18Cl2N4O. The van der Waals surface area contributed by atoms with Gasteiger partial charge < -0.3 is 10.3 Å². The minimum atomic E-state index is -0.0217. The average Bonchev–Trinajstić information content (AvgIpc) is 2.68. The normalized spacial score (nSPS) is 15.8. The standard InChI is InChI=1S/C12H16N4O.2ClH/c17-12-15-10-7-14-6-3-11(10)16(12)8-9-1-4-13-5-2-9;;/h3,6-7,9,13H,1-2,4-5,8H2,(H,15,17);2*1H. The van der Waals surface area contributed by atoms with E-state index in [-0.39, 0.29) is 30.5 Å². The molecular weight excluding hydrogens is 287 g/mol. The number of rotatable bonds is 2. The third-order valence-electron chi connectivity index (χ3n) is 3.48. The number of halogens is 2. The van der Waals surface area contributed by atoms with Gasteiger partial charge in [0.05, 0.1) is 17.2 Å². The summed E-state index contributed by atoms with van der Waals surface area (Å²) in [6, 6.07) is 1.90. The number of hydrogen-bond acceptors (Lipinski definition) is 3. The molecule has 0 atom stereocenters. The average molecular weight is 305 g/mol. The Morgan fingerprint density at radius 1 is 1.32 bits per heavy atom. The Hall–Kier alpha value is -1.04. The molecule has 0 saturated carbocycles. The van der Waals surface area contributed by atoms with Gasteiger partial charge in [0.25, 0.3) is 0 Å². The van der Waals surface area contributed by atoms with Crippen LogP contribution in [0.5, 0.6) is 0 Å². The molecule has 3 rings (SSSR count). The minimum Gasteiger partial charge on any atom is -0.317 e. The van der Waals surface area contributed by atoms with E-state index < -0.39 is 0 Å². The third kappa shape index (κ3) is 3.29. The molecule has 7 heteroatoms. The lowest BCUT2D eigenvalue weighted by atomic mass is 9.98. The first-order valence-electron chi connectivity index (χ1n) is 6.08. The summed E-state index contributed by atoms with van der Waals surface area (Å²) in [5.74, 6) is 0.598. The first kappa shape index (κ1) is 16.0. The number of nitrogens with one attached hydrogen (secondary N) is 2. The van der Waals surface area contributed by atoms with E-state index in [0.29, 0.717) is 5.92 Å². The minimum absolute atomic E-state index is 0. The van der Waals surface area contributed by atoms with Crippen LogP contribution in [-0.4, -0.2) is 27.6 Å². The van der Waals surface area contributed by atoms with Crippen LogP contribution in [0.2, 0.25) is 0 Å². The van der Waals surface area contributed by atoms with Crippen molar-refractivity contribution in [2.45, 2.75) is 19.4 Å². The molecule has 1 aliphatic rings. The molecule has 106 valence electrons. The Balaban J connectivity index is 0.000000902. The summed E-state index contributed by atoms with van der Waals surface area (Å²) >= 11 is 0. The van der Waals surface area contributed by atoms with E-state index in [4.69, 9.17) is 0 Å². The van der Waals surface area contributed by atoms with Crippen LogP contribution in [0, 0.1) is 5.92 Å². The van der Waals surface area contributed by atoms with E-state index in [2.05, 4.69) is 15.3 Å². The molecule has 1 aliphatic heterocycles. The van der Waals surface area contributed by atoms with E-state index in [0.717, 1.165) is 43.5 Å². The Morgan fingerprint density at radius 3 is 2.79 bits per heavy atom. The van der Waals surface area contributed by atoms with E-state index in [1.54, 1.807) is 12.4 Å². The molecule has 2 aromatic heterocycles. The van der Waals surface area contributed by atoms with Crippen LogP contribution < -0.4 is 11.0 Å². The molecule has 0 aliphatic carbocycles. The predicted octanol–water partition coefficient (Wildman–Crippen LogP) is 1.57. The van der Waals surface area contributed by atoms with Crippen LogP contribution in [0.15, 0.2) is 23.3 Å². The van der Waals surface area contributed by atoms with Gasteiger partial charge in [-0.1, -0.05) is 0 Å². The topological polar surface area (TPSA) is 62.7 Å². The highest BCUT2D eigenvalue weighted by molar-refractivity contribution is 5.85. The molecule has 0 radical (unpaired) electrons. The summed E-state index contributed by atoms with van der Waals surface area (Å²) in [4.78, 5) is 18.7. The van der Waals surface area contributed by atoms with Crippen LogP contribution in [0.4, 0.5) is 0 Å². The highest BCUT2D eigenvalue weighted by Crippen LogP contribution is 2.16. The second kappa shape index (κ2) is 6.93. The lowest BCUT2D eigenvalue weighted by Gasteiger charge is -2.22. The van der Waals surface area contributed by atoms with Gasteiger partial charge in [0.1, 0.15) is 0 Å². The number of imidazole rings is 1. The van der Waals surface area contributed by atoms with Crippen molar-refractivity contribution in [1.29, 1.82) is 0 Å². The first-order chi connectivity index (χ1) is 8.34. The fourth-order valence-corrected chi connectivity index (χ4v) is 2.51. The second-order valence-corrected chi connectivity index (χ2v) is 4.63. The zero-order valence-electron chi connectivity index (χ0n) is 10.5. The largest absolute Gasteiger partial charge is 0.326 e. The van der Waals surface area contributed by atoms with E-state index >= 15 is 0 Å². The van der Waals surface area contributed by atoms with E-state index in [9.17, 15) is 4.79 Å². The van der Waals surface area contributed by atoms with Crippen molar-refractivity contribution in [2.24, 2.45) is 5.92 Å². The molecule has 1 fully saturated rings. The third-order valence-corrected chi connectivity index (χ3v) is 3.48. The molecule has 0 bridgehead atoms. The van der Waals surface area contributed by atoms with Crippen LogP contribution in [0.25, 0.3) is 11.0 Å². The SMILES string of the molecule is Cl.Cl.O=c1[nH]c2cnccc2n1CC1CCNCC1. The number of fused-ring (bicyclic) bond motifs is 1. The van der Waals surface area contributed by atoms with Crippen molar-refractivity contribution < 1.29 is 0 Å². The van der Waals surface area contributed by atoms with Gasteiger partial charge in [-0.15, -0.1) is 24.8 Å². The van der Waals surface area contributed by atoms with Crippen LogP contribution >= 0.6 is 24.8 Å². The van der Waals surface area contributed by atoms with Gasteiger partial charge in [-0.3, -0.25) is 9.55 Å². The Morgan fingerprint density at radius 2 is 2.05 bits per heavy atom. The van der Waals surface area contributed by atoms with Gasteiger partial charge >= 0.3 is 5.69 Å². The Labute approximate surface area is 123 Å². The number of H-pyrrole nitrogens is 1. The second-order valence-electron chi connectivity index (χ2n) is 4.63. The summed E-state index contributed by atoms with van der Waals surface area (Å²) in [5.41, 5.74) is 1.77. The van der Waals surface area contributed by atoms with Crippen molar-refractivity contribution in [2.75, 3.05) is 13.1 Å². The molecule has 2 aromatic rings. The summed E-state index contributed by atoms with van der Waals surface area (Å²) < 4.78 is 1.84.